The minimum Gasteiger partial charge on any atom is -0.395 e. The first kappa shape index (κ1) is 85.1. The van der Waals surface area contributed by atoms with Crippen molar-refractivity contribution in [3.05, 3.63) is 234 Å². The lowest BCUT2D eigenvalue weighted by Crippen LogP contribution is -2.47. The largest absolute Gasteiger partial charge is 0.395 e. The van der Waals surface area contributed by atoms with E-state index in [-0.39, 0.29) is 28.8 Å². The maximum atomic E-state index is 13.0. The average molecular weight is 1700 g/mol. The van der Waals surface area contributed by atoms with Crippen LogP contribution in [0, 0.1) is 27.7 Å². The van der Waals surface area contributed by atoms with Crippen LogP contribution in [0.3, 0.4) is 0 Å². The number of anilines is 4. The number of hydrogen-bond donors (Lipinski definition) is 2. The second-order valence-electron chi connectivity index (χ2n) is 33.1. The third kappa shape index (κ3) is 18.4. The molecule has 0 amide bonds. The van der Waals surface area contributed by atoms with E-state index in [0.717, 1.165) is 253 Å². The molecule has 0 unspecified atom stereocenters. The van der Waals surface area contributed by atoms with Gasteiger partial charge in [-0.1, -0.05) is 60.3 Å². The summed E-state index contributed by atoms with van der Waals surface area (Å²) in [6, 6.07) is 30.0. The molecule has 2 N–H and O–H groups in total. The third-order valence-corrected chi connectivity index (χ3v) is 23.9. The number of pyridine rings is 4. The van der Waals surface area contributed by atoms with E-state index in [4.69, 9.17) is 30.1 Å². The Balaban J connectivity index is 0.000000119. The van der Waals surface area contributed by atoms with Crippen LogP contribution in [0.4, 0.5) is 22.7 Å². The minimum absolute atomic E-state index is 0.0980. The molecule has 0 aromatic carbocycles. The molecule has 4 saturated heterocycles. The molecule has 16 aromatic rings. The van der Waals surface area contributed by atoms with Crippen LogP contribution in [0.1, 0.15) is 106 Å². The summed E-state index contributed by atoms with van der Waals surface area (Å²) in [6.45, 7) is 35.8. The minimum atomic E-state index is -0.129. The second-order valence-corrected chi connectivity index (χ2v) is 33.1. The summed E-state index contributed by atoms with van der Waals surface area (Å²) < 4.78 is 13.9. The van der Waals surface area contributed by atoms with Crippen molar-refractivity contribution in [2.45, 2.75) is 114 Å². The van der Waals surface area contributed by atoms with Crippen molar-refractivity contribution in [3.63, 3.8) is 0 Å². The Labute approximate surface area is 728 Å². The number of nitrogens with one attached hydrogen (secondary N) is 1. The molecule has 652 valence electrons. The molecule has 4 aliphatic heterocycles. The maximum Gasteiger partial charge on any atom is 0.258 e. The van der Waals surface area contributed by atoms with Gasteiger partial charge in [-0.05, 0) is 140 Å². The van der Waals surface area contributed by atoms with Crippen LogP contribution in [0.5, 0.6) is 0 Å². The van der Waals surface area contributed by atoms with E-state index in [1.54, 1.807) is 41.9 Å². The molecule has 0 saturated carbocycles. The fraction of sp³-hybridized carbons (Fsp3) is 0.398. The second kappa shape index (κ2) is 37.4. The number of hydrogen-bond acceptors (Lipinski definition) is 25. The highest BCUT2D eigenvalue weighted by Crippen LogP contribution is 2.29. The molecule has 33 heteroatoms. The first-order valence-corrected chi connectivity index (χ1v) is 44.3. The van der Waals surface area contributed by atoms with E-state index in [0.29, 0.717) is 74.7 Å². The quantitative estimate of drug-likeness (QED) is 0.0762. The fourth-order valence-electron chi connectivity index (χ4n) is 17.2. The Kier molecular flexibility index (Phi) is 25.3. The standard InChI is InChI=1S/C24H29N7O2.C24H29N7O.C23H27N7O.C22H25N7O/c1-3-4-19-22-13-21(27-31(22)15-17(2)25-19)20-14-24(33)30-16-18(5-6-23(30)26-20)29-9-7-28(8-10-29)11-12-32;1-4-6-19-22-13-21(27-31(22)15-17(3)25-19)20-14-24(32)30-16-18(7-8-23(30)26-20)29-11-9-28(5-2)10-12-29;1-4-5-18-21-12-20(26-30(21)14-16(2)24-18)19-13-23(31)29-15-17(6-7-22(29)25-19)28-10-8-27(3)9-11-28;1-3-4-17-20-11-19(26-29(20)13-15(2)24-17)18-12-22(30)28-14-16(5-6-21(28)25-18)27-9-7-23-8-10-27/h5-6,13-16,32H,3-4,7-12H2,1-2H3;7-8,13-16H,4-6,9-12H2,1-3H3;6-7,12-15H,4-5,8-11H2,1-3H3;5-6,11-14,23H,3-4,7-10H2,1-2H3. The lowest BCUT2D eigenvalue weighted by atomic mass is 10.2. The average Bonchev–Trinajstić information content (AvgIpc) is 1.57. The Bertz CT molecular complexity index is 6930. The Morgan fingerprint density at radius 3 is 0.857 bits per heavy atom. The van der Waals surface area contributed by atoms with Gasteiger partial charge in [0.25, 0.3) is 22.2 Å². The van der Waals surface area contributed by atoms with Gasteiger partial charge in [0.05, 0.1) is 145 Å². The van der Waals surface area contributed by atoms with Crippen molar-refractivity contribution < 1.29 is 5.11 Å². The van der Waals surface area contributed by atoms with Crippen LogP contribution in [0.2, 0.25) is 0 Å². The molecule has 20 rings (SSSR count). The summed E-state index contributed by atoms with van der Waals surface area (Å²) in [4.78, 5) is 106. The summed E-state index contributed by atoms with van der Waals surface area (Å²) in [5.74, 6) is 0. The number of aryl methyl sites for hydroxylation is 8. The summed E-state index contributed by atoms with van der Waals surface area (Å²) >= 11 is 0. The van der Waals surface area contributed by atoms with Crippen molar-refractivity contribution in [3.8, 4) is 45.6 Å². The topological polar surface area (TPSA) is 313 Å². The van der Waals surface area contributed by atoms with Gasteiger partial charge >= 0.3 is 0 Å². The monoisotopic (exact) mass is 1700 g/mol. The maximum absolute atomic E-state index is 13.0. The number of piperazine rings is 4. The molecule has 0 spiro atoms. The fourth-order valence-corrected chi connectivity index (χ4v) is 17.2. The van der Waals surface area contributed by atoms with Gasteiger partial charge < -0.3 is 39.8 Å². The number of fused-ring (bicyclic) bond motifs is 8. The highest BCUT2D eigenvalue weighted by Gasteiger charge is 2.25. The van der Waals surface area contributed by atoms with Gasteiger partial charge in [-0.15, -0.1) is 0 Å². The Hall–Kier alpha value is -13.1. The van der Waals surface area contributed by atoms with Crippen molar-refractivity contribution in [2.24, 2.45) is 0 Å². The summed E-state index contributed by atoms with van der Waals surface area (Å²) in [6.07, 6.45) is 22.8. The number of aliphatic hydroxyl groups is 1. The molecule has 0 aliphatic carbocycles. The summed E-state index contributed by atoms with van der Waals surface area (Å²) in [7, 11) is 2.13. The first-order chi connectivity index (χ1) is 61.2. The molecule has 126 heavy (non-hydrogen) atoms. The van der Waals surface area contributed by atoms with E-state index in [1.807, 2.05) is 162 Å². The van der Waals surface area contributed by atoms with Crippen LogP contribution in [-0.4, -0.2) is 247 Å². The number of likely N-dealkylation sites (N-methyl/N-ethyl adjacent to an activating group) is 2. The SMILES string of the molecule is CCCc1nc(C)cn2nc(-c3cc(=O)n4cc(N5CCN(C)CC5)ccc4n3)cc12.CCCc1nc(C)cn2nc(-c3cc(=O)n4cc(N5CCN(CC)CC5)ccc4n3)cc12.CCCc1nc(C)cn2nc(-c3cc(=O)n4cc(N5CCN(CCO)CC5)ccc4n3)cc12.CCCc1nc(C)cn2nc(-c3cc(=O)n4cc(N5CCNCC5)ccc4n3)cc12. The highest BCUT2D eigenvalue weighted by molar-refractivity contribution is 5.71. The van der Waals surface area contributed by atoms with Gasteiger partial charge in [0, 0.05) is 160 Å². The van der Waals surface area contributed by atoms with Crippen LogP contribution in [0.25, 0.3) is 90.2 Å². The van der Waals surface area contributed by atoms with Crippen molar-refractivity contribution >= 4 is 67.4 Å². The summed E-state index contributed by atoms with van der Waals surface area (Å²) in [5, 5.41) is 31.2. The smallest absolute Gasteiger partial charge is 0.258 e. The molecule has 4 fully saturated rings. The number of rotatable bonds is 19. The van der Waals surface area contributed by atoms with E-state index in [9.17, 15) is 19.2 Å². The number of nitrogens with zero attached hydrogens (tertiary/aromatic N) is 27. The summed E-state index contributed by atoms with van der Waals surface area (Å²) in [5.41, 5.74) is 22.9. The zero-order valence-corrected chi connectivity index (χ0v) is 73.6. The Morgan fingerprint density at radius 2 is 0.587 bits per heavy atom. The molecule has 20 heterocycles. The normalized spacial score (nSPS) is 15.0. The van der Waals surface area contributed by atoms with Gasteiger partial charge in [0.15, 0.2) is 0 Å². The highest BCUT2D eigenvalue weighted by atomic mass is 16.3. The van der Waals surface area contributed by atoms with E-state index in [1.165, 1.54) is 0 Å². The number of β-amino-alcohol motifs (C(OH)–C–C–N with tert-alkyl or cyclic N) is 1. The lowest BCUT2D eigenvalue weighted by molar-refractivity contribution is 0.189. The van der Waals surface area contributed by atoms with Crippen LogP contribution in [0.15, 0.2) is 166 Å². The molecule has 4 aliphatic rings. The number of aliphatic hydroxyl groups excluding tert-OH is 1. The molecular formula is C93H110N28O5. The van der Waals surface area contributed by atoms with Gasteiger partial charge in [-0.3, -0.25) is 61.6 Å². The van der Waals surface area contributed by atoms with Crippen LogP contribution in [-0.2, 0) is 25.7 Å². The van der Waals surface area contributed by atoms with E-state index in [2.05, 4.69) is 123 Å². The first-order valence-electron chi connectivity index (χ1n) is 44.3. The number of aromatic nitrogens is 20. The molecule has 0 radical (unpaired) electrons. The van der Waals surface area contributed by atoms with Crippen molar-refractivity contribution in [1.29, 1.82) is 0 Å². The van der Waals surface area contributed by atoms with Crippen molar-refractivity contribution in [2.75, 3.05) is 151 Å². The van der Waals surface area contributed by atoms with Gasteiger partial charge in [0.2, 0.25) is 0 Å². The van der Waals surface area contributed by atoms with Crippen LogP contribution >= 0.6 is 0 Å². The molecule has 0 bridgehead atoms. The molecule has 16 aromatic heterocycles. The zero-order valence-electron chi connectivity index (χ0n) is 73.6. The third-order valence-electron chi connectivity index (χ3n) is 23.9. The van der Waals surface area contributed by atoms with Gasteiger partial charge in [-0.25, -0.2) is 38.0 Å². The van der Waals surface area contributed by atoms with E-state index >= 15 is 0 Å². The predicted molar refractivity (Wildman–Crippen MR) is 494 cm³/mol. The molecule has 33 nitrogen and oxygen atoms in total. The molecule has 0 atom stereocenters. The Morgan fingerprint density at radius 1 is 0.317 bits per heavy atom. The van der Waals surface area contributed by atoms with Crippen LogP contribution < -0.4 is 47.2 Å². The zero-order chi connectivity index (χ0) is 87.4. The van der Waals surface area contributed by atoms with Gasteiger partial charge in [-0.2, -0.15) is 20.4 Å². The predicted octanol–water partition coefficient (Wildman–Crippen LogP) is 9.08. The van der Waals surface area contributed by atoms with E-state index < -0.39 is 0 Å². The van der Waals surface area contributed by atoms with Gasteiger partial charge in [0.1, 0.15) is 45.4 Å². The lowest BCUT2D eigenvalue weighted by Gasteiger charge is -2.35. The molecular weight excluding hydrogens is 1590 g/mol. The van der Waals surface area contributed by atoms with Crippen molar-refractivity contribution in [1.82, 2.24) is 116 Å².